The van der Waals surface area contributed by atoms with Crippen LogP contribution in [0, 0.1) is 0 Å². The monoisotopic (exact) mass is 499 g/mol. The van der Waals surface area contributed by atoms with Crippen LogP contribution in [-0.2, 0) is 30.6 Å². The predicted octanol–water partition coefficient (Wildman–Crippen LogP) is 3.99. The van der Waals surface area contributed by atoms with Crippen LogP contribution in [0.2, 0.25) is 0 Å². The standard InChI is InChI=1S/C25H29N3O4S2/c1-15(2)13-28-24(30)22-17-6-5-7-20(17)34-23(22)27-25(28)33-14-21(29)26-11-10-16-8-9-18(31-3)19(12-16)32-4/h8-9,12H,1,5-7,10-11,13-14H2,2-4H3,(H,26,29). The van der Waals surface area contributed by atoms with Crippen molar-refractivity contribution in [2.24, 2.45) is 0 Å². The highest BCUT2D eigenvalue weighted by Crippen LogP contribution is 2.35. The van der Waals surface area contributed by atoms with Gasteiger partial charge < -0.3 is 14.8 Å². The minimum Gasteiger partial charge on any atom is -0.493 e. The summed E-state index contributed by atoms with van der Waals surface area (Å²) in [5.41, 5.74) is 3.05. The van der Waals surface area contributed by atoms with Crippen molar-refractivity contribution in [1.29, 1.82) is 0 Å². The maximum absolute atomic E-state index is 13.3. The molecule has 1 aliphatic carbocycles. The number of ether oxygens (including phenoxy) is 2. The maximum atomic E-state index is 13.3. The number of aryl methyl sites for hydroxylation is 2. The second kappa shape index (κ2) is 10.7. The molecule has 0 saturated carbocycles. The second-order valence-electron chi connectivity index (χ2n) is 8.36. The Bertz CT molecular complexity index is 1300. The molecular formula is C25H29N3O4S2. The lowest BCUT2D eigenvalue weighted by Crippen LogP contribution is -2.28. The van der Waals surface area contributed by atoms with Crippen LogP contribution in [0.3, 0.4) is 0 Å². The number of thioether (sulfide) groups is 1. The number of hydrogen-bond acceptors (Lipinski definition) is 7. The Morgan fingerprint density at radius 2 is 2.06 bits per heavy atom. The SMILES string of the molecule is C=C(C)Cn1c(SCC(=O)NCCc2ccc(OC)c(OC)c2)nc2sc3c(c2c1=O)CCC3. The van der Waals surface area contributed by atoms with Gasteiger partial charge in [0.05, 0.1) is 25.4 Å². The van der Waals surface area contributed by atoms with Gasteiger partial charge in [0, 0.05) is 18.0 Å². The van der Waals surface area contributed by atoms with Gasteiger partial charge in [0.1, 0.15) is 4.83 Å². The lowest BCUT2D eigenvalue weighted by molar-refractivity contribution is -0.118. The molecule has 0 spiro atoms. The van der Waals surface area contributed by atoms with E-state index in [-0.39, 0.29) is 17.2 Å². The fraction of sp³-hybridized carbons (Fsp3) is 0.400. The maximum Gasteiger partial charge on any atom is 0.263 e. The lowest BCUT2D eigenvalue weighted by Gasteiger charge is -2.12. The number of fused-ring (bicyclic) bond motifs is 3. The van der Waals surface area contributed by atoms with E-state index in [2.05, 4.69) is 11.9 Å². The molecule has 3 aromatic rings. The third-order valence-electron chi connectivity index (χ3n) is 5.73. The number of aromatic nitrogens is 2. The molecule has 9 heteroatoms. The van der Waals surface area contributed by atoms with Crippen molar-refractivity contribution in [2.75, 3.05) is 26.5 Å². The van der Waals surface area contributed by atoms with Gasteiger partial charge in [-0.25, -0.2) is 4.98 Å². The van der Waals surface area contributed by atoms with E-state index < -0.39 is 0 Å². The zero-order valence-electron chi connectivity index (χ0n) is 19.7. The average Bonchev–Trinajstić information content (AvgIpc) is 3.40. The summed E-state index contributed by atoms with van der Waals surface area (Å²) >= 11 is 2.91. The van der Waals surface area contributed by atoms with Crippen LogP contribution >= 0.6 is 23.1 Å². The fourth-order valence-corrected chi connectivity index (χ4v) is 6.27. The number of carbonyl (C=O) groups is 1. The zero-order chi connectivity index (χ0) is 24.2. The normalized spacial score (nSPS) is 12.6. The quantitative estimate of drug-likeness (QED) is 0.258. The molecule has 0 radical (unpaired) electrons. The largest absolute Gasteiger partial charge is 0.493 e. The van der Waals surface area contributed by atoms with Gasteiger partial charge in [0.15, 0.2) is 16.7 Å². The number of rotatable bonds is 10. The van der Waals surface area contributed by atoms with E-state index in [1.54, 1.807) is 30.1 Å². The topological polar surface area (TPSA) is 82.5 Å². The molecule has 0 atom stereocenters. The highest BCUT2D eigenvalue weighted by atomic mass is 32.2. The molecule has 180 valence electrons. The molecule has 0 saturated heterocycles. The van der Waals surface area contributed by atoms with Gasteiger partial charge >= 0.3 is 0 Å². The van der Waals surface area contributed by atoms with E-state index in [0.29, 0.717) is 36.2 Å². The summed E-state index contributed by atoms with van der Waals surface area (Å²) in [6.45, 7) is 6.76. The highest BCUT2D eigenvalue weighted by Gasteiger charge is 2.23. The Kier molecular flexibility index (Phi) is 7.63. The minimum atomic E-state index is -0.102. The van der Waals surface area contributed by atoms with Crippen LogP contribution in [0.5, 0.6) is 11.5 Å². The van der Waals surface area contributed by atoms with Gasteiger partial charge in [0.2, 0.25) is 5.91 Å². The predicted molar refractivity (Wildman–Crippen MR) is 138 cm³/mol. The Balaban J connectivity index is 1.42. The molecule has 0 unspecified atom stereocenters. The van der Waals surface area contributed by atoms with E-state index in [9.17, 15) is 9.59 Å². The number of nitrogens with zero attached hydrogens (tertiary/aromatic N) is 2. The summed E-state index contributed by atoms with van der Waals surface area (Å²) in [5, 5.41) is 4.27. The first-order valence-corrected chi connectivity index (χ1v) is 13.0. The molecule has 1 N–H and O–H groups in total. The minimum absolute atomic E-state index is 0.0243. The Morgan fingerprint density at radius 1 is 1.26 bits per heavy atom. The number of allylic oxidation sites excluding steroid dienone is 1. The van der Waals surface area contributed by atoms with E-state index in [1.807, 2.05) is 25.1 Å². The summed E-state index contributed by atoms with van der Waals surface area (Å²) in [4.78, 5) is 32.7. The molecule has 7 nitrogen and oxygen atoms in total. The molecule has 1 aromatic carbocycles. The fourth-order valence-electron chi connectivity index (χ4n) is 4.14. The van der Waals surface area contributed by atoms with E-state index in [0.717, 1.165) is 46.2 Å². The molecule has 1 aliphatic rings. The van der Waals surface area contributed by atoms with Crippen LogP contribution in [0.15, 0.2) is 40.3 Å². The molecule has 0 aliphatic heterocycles. The van der Waals surface area contributed by atoms with Gasteiger partial charge in [-0.3, -0.25) is 14.2 Å². The number of carbonyl (C=O) groups excluding carboxylic acids is 1. The smallest absolute Gasteiger partial charge is 0.263 e. The summed E-state index contributed by atoms with van der Waals surface area (Å²) < 4.78 is 12.3. The van der Waals surface area contributed by atoms with Crippen LogP contribution < -0.4 is 20.3 Å². The summed E-state index contributed by atoms with van der Waals surface area (Å²) in [6, 6.07) is 5.72. The van der Waals surface area contributed by atoms with Crippen molar-refractivity contribution in [3.63, 3.8) is 0 Å². The van der Waals surface area contributed by atoms with E-state index in [1.165, 1.54) is 16.6 Å². The summed E-state index contributed by atoms with van der Waals surface area (Å²) in [6.07, 6.45) is 3.72. The molecule has 2 heterocycles. The first kappa shape index (κ1) is 24.3. The third kappa shape index (κ3) is 5.15. The van der Waals surface area contributed by atoms with Crippen molar-refractivity contribution >= 4 is 39.2 Å². The first-order valence-electron chi connectivity index (χ1n) is 11.2. The second-order valence-corrected chi connectivity index (χ2v) is 10.4. The van der Waals surface area contributed by atoms with Gasteiger partial charge in [0.25, 0.3) is 5.56 Å². The average molecular weight is 500 g/mol. The highest BCUT2D eigenvalue weighted by molar-refractivity contribution is 7.99. The molecule has 0 bridgehead atoms. The van der Waals surface area contributed by atoms with E-state index in [4.69, 9.17) is 14.5 Å². The third-order valence-corrected chi connectivity index (χ3v) is 7.90. The Hall–Kier alpha value is -2.78. The Labute approximate surface area is 207 Å². The summed E-state index contributed by atoms with van der Waals surface area (Å²) in [5.74, 6) is 1.42. The number of amides is 1. The van der Waals surface area contributed by atoms with Crippen molar-refractivity contribution < 1.29 is 14.3 Å². The van der Waals surface area contributed by atoms with Crippen molar-refractivity contribution in [1.82, 2.24) is 14.9 Å². The number of hydrogen-bond donors (Lipinski definition) is 1. The number of nitrogens with one attached hydrogen (secondary N) is 1. The molecule has 34 heavy (non-hydrogen) atoms. The zero-order valence-corrected chi connectivity index (χ0v) is 21.4. The van der Waals surface area contributed by atoms with Gasteiger partial charge in [-0.15, -0.1) is 11.3 Å². The molecular weight excluding hydrogens is 470 g/mol. The molecule has 4 rings (SSSR count). The summed E-state index contributed by atoms with van der Waals surface area (Å²) in [7, 11) is 3.20. The first-order chi connectivity index (χ1) is 16.4. The van der Waals surface area contributed by atoms with Crippen molar-refractivity contribution in [2.45, 2.75) is 44.3 Å². The number of benzene rings is 1. The molecule has 1 amide bonds. The number of thiophene rings is 1. The van der Waals surface area contributed by atoms with Crippen molar-refractivity contribution in [3.8, 4) is 11.5 Å². The molecule has 0 fully saturated rings. The van der Waals surface area contributed by atoms with Crippen molar-refractivity contribution in [3.05, 3.63) is 56.7 Å². The number of methoxy groups -OCH3 is 2. The van der Waals surface area contributed by atoms with Gasteiger partial charge in [-0.2, -0.15) is 0 Å². The Morgan fingerprint density at radius 3 is 2.79 bits per heavy atom. The van der Waals surface area contributed by atoms with Crippen LogP contribution in [0.25, 0.3) is 10.2 Å². The van der Waals surface area contributed by atoms with Crippen LogP contribution in [0.1, 0.15) is 29.3 Å². The van der Waals surface area contributed by atoms with Gasteiger partial charge in [-0.1, -0.05) is 30.0 Å². The van der Waals surface area contributed by atoms with E-state index >= 15 is 0 Å². The van der Waals surface area contributed by atoms with Crippen LogP contribution in [-0.4, -0.2) is 42.0 Å². The lowest BCUT2D eigenvalue weighted by atomic mass is 10.1. The van der Waals surface area contributed by atoms with Crippen LogP contribution in [0.4, 0.5) is 0 Å². The van der Waals surface area contributed by atoms with Gasteiger partial charge in [-0.05, 0) is 55.9 Å². The molecule has 2 aromatic heterocycles.